The van der Waals surface area contributed by atoms with E-state index in [9.17, 15) is 4.79 Å². The molecule has 7 heteroatoms. The summed E-state index contributed by atoms with van der Waals surface area (Å²) in [7, 11) is 0. The van der Waals surface area contributed by atoms with Crippen molar-refractivity contribution in [2.75, 3.05) is 12.0 Å². The van der Waals surface area contributed by atoms with Crippen LogP contribution in [0.3, 0.4) is 0 Å². The number of aryl methyl sites for hydroxylation is 1. The van der Waals surface area contributed by atoms with Crippen molar-refractivity contribution in [1.29, 1.82) is 0 Å². The Kier molecular flexibility index (Phi) is 5.14. The number of aromatic nitrogens is 4. The van der Waals surface area contributed by atoms with Gasteiger partial charge in [-0.2, -0.15) is 0 Å². The second-order valence-corrected chi connectivity index (χ2v) is 8.61. The van der Waals surface area contributed by atoms with Gasteiger partial charge in [0.05, 0.1) is 5.75 Å². The molecule has 27 heavy (non-hydrogen) atoms. The summed E-state index contributed by atoms with van der Waals surface area (Å²) in [5.41, 5.74) is 3.93. The van der Waals surface area contributed by atoms with Gasteiger partial charge in [0.2, 0.25) is 0 Å². The first-order chi connectivity index (χ1) is 13.1. The maximum absolute atomic E-state index is 12.9. The molecule has 0 amide bonds. The van der Waals surface area contributed by atoms with Gasteiger partial charge >= 0.3 is 0 Å². The SMILES string of the molecule is CSc1cccc(-n2c(C)cc(C(=O)CSc3nncn3C3CC3)c2C)c1. The van der Waals surface area contributed by atoms with Gasteiger partial charge in [-0.25, -0.2) is 0 Å². The lowest BCUT2D eigenvalue weighted by Gasteiger charge is -2.11. The zero-order valence-electron chi connectivity index (χ0n) is 15.7. The van der Waals surface area contributed by atoms with Crippen molar-refractivity contribution in [3.05, 3.63) is 53.6 Å². The predicted octanol–water partition coefficient (Wildman–Crippen LogP) is 4.72. The number of benzene rings is 1. The topological polar surface area (TPSA) is 52.7 Å². The van der Waals surface area contributed by atoms with E-state index in [0.29, 0.717) is 11.8 Å². The number of hydrogen-bond donors (Lipinski definition) is 0. The van der Waals surface area contributed by atoms with Crippen molar-refractivity contribution in [2.24, 2.45) is 0 Å². The van der Waals surface area contributed by atoms with Crippen LogP contribution in [0.4, 0.5) is 0 Å². The average molecular weight is 399 g/mol. The summed E-state index contributed by atoms with van der Waals surface area (Å²) < 4.78 is 4.25. The first-order valence-electron chi connectivity index (χ1n) is 8.97. The van der Waals surface area contributed by atoms with Crippen LogP contribution in [0.2, 0.25) is 0 Å². The molecule has 140 valence electrons. The minimum Gasteiger partial charge on any atom is -0.318 e. The lowest BCUT2D eigenvalue weighted by atomic mass is 10.2. The molecule has 4 rings (SSSR count). The summed E-state index contributed by atoms with van der Waals surface area (Å²) in [4.78, 5) is 14.1. The number of rotatable bonds is 7. The Morgan fingerprint density at radius 2 is 2.07 bits per heavy atom. The van der Waals surface area contributed by atoms with E-state index in [-0.39, 0.29) is 5.78 Å². The van der Waals surface area contributed by atoms with Crippen LogP contribution < -0.4 is 0 Å². The zero-order valence-corrected chi connectivity index (χ0v) is 17.3. The molecule has 1 fully saturated rings. The van der Waals surface area contributed by atoms with Gasteiger partial charge in [0.1, 0.15) is 6.33 Å². The van der Waals surface area contributed by atoms with Crippen molar-refractivity contribution in [3.63, 3.8) is 0 Å². The van der Waals surface area contributed by atoms with Crippen molar-refractivity contribution in [1.82, 2.24) is 19.3 Å². The fourth-order valence-electron chi connectivity index (χ4n) is 3.34. The zero-order chi connectivity index (χ0) is 19.0. The van der Waals surface area contributed by atoms with Gasteiger partial charge in [-0.15, -0.1) is 22.0 Å². The summed E-state index contributed by atoms with van der Waals surface area (Å²) in [5, 5.41) is 9.01. The van der Waals surface area contributed by atoms with E-state index in [0.717, 1.165) is 27.8 Å². The lowest BCUT2D eigenvalue weighted by molar-refractivity contribution is 0.102. The molecule has 1 aromatic carbocycles. The Morgan fingerprint density at radius 3 is 2.81 bits per heavy atom. The van der Waals surface area contributed by atoms with Gasteiger partial charge in [-0.3, -0.25) is 4.79 Å². The highest BCUT2D eigenvalue weighted by molar-refractivity contribution is 7.99. The molecule has 0 atom stereocenters. The number of hydrogen-bond acceptors (Lipinski definition) is 5. The number of ketones is 1. The number of Topliss-reactive ketones (excluding diaryl/α,β-unsaturated/α-hetero) is 1. The molecular weight excluding hydrogens is 376 g/mol. The van der Waals surface area contributed by atoms with Gasteiger partial charge in [0.15, 0.2) is 10.9 Å². The standard InChI is InChI=1S/C20H22N4OS2/c1-13-9-18(14(2)24(13)16-5-4-6-17(10-16)26-3)19(25)11-27-20-22-21-12-23(20)15-7-8-15/h4-6,9-10,12,15H,7-8,11H2,1-3H3. The van der Waals surface area contributed by atoms with Gasteiger partial charge in [-0.1, -0.05) is 17.8 Å². The van der Waals surface area contributed by atoms with Crippen LogP contribution in [0.15, 0.2) is 46.7 Å². The van der Waals surface area contributed by atoms with Crippen LogP contribution in [-0.4, -0.2) is 37.1 Å². The summed E-state index contributed by atoms with van der Waals surface area (Å²) in [6, 6.07) is 10.9. The third-order valence-electron chi connectivity index (χ3n) is 4.86. The van der Waals surface area contributed by atoms with E-state index in [4.69, 9.17) is 0 Å². The fourth-order valence-corrected chi connectivity index (χ4v) is 4.66. The lowest BCUT2D eigenvalue weighted by Crippen LogP contribution is -2.06. The van der Waals surface area contributed by atoms with Crippen LogP contribution >= 0.6 is 23.5 Å². The first-order valence-corrected chi connectivity index (χ1v) is 11.2. The predicted molar refractivity (Wildman–Crippen MR) is 110 cm³/mol. The number of carbonyl (C=O) groups is 1. The van der Waals surface area contributed by atoms with Crippen molar-refractivity contribution < 1.29 is 4.79 Å². The molecule has 0 radical (unpaired) electrons. The Bertz CT molecular complexity index is 988. The number of carbonyl (C=O) groups excluding carboxylic acids is 1. The smallest absolute Gasteiger partial charge is 0.191 e. The van der Waals surface area contributed by atoms with E-state index in [1.54, 1.807) is 18.1 Å². The van der Waals surface area contributed by atoms with Crippen LogP contribution in [0, 0.1) is 13.8 Å². The summed E-state index contributed by atoms with van der Waals surface area (Å²) in [6.07, 6.45) is 6.20. The molecule has 1 saturated carbocycles. The second kappa shape index (κ2) is 7.56. The molecule has 0 unspecified atom stereocenters. The average Bonchev–Trinajstić information content (AvgIpc) is 3.33. The second-order valence-electron chi connectivity index (χ2n) is 6.79. The van der Waals surface area contributed by atoms with E-state index < -0.39 is 0 Å². The highest BCUT2D eigenvalue weighted by atomic mass is 32.2. The number of nitrogens with zero attached hydrogens (tertiary/aromatic N) is 4. The van der Waals surface area contributed by atoms with Crippen LogP contribution in [0.5, 0.6) is 0 Å². The molecule has 0 saturated heterocycles. The molecule has 0 bridgehead atoms. The van der Waals surface area contributed by atoms with Gasteiger partial charge in [0.25, 0.3) is 0 Å². The summed E-state index contributed by atoms with van der Waals surface area (Å²) in [6.45, 7) is 4.07. The Morgan fingerprint density at radius 1 is 1.26 bits per heavy atom. The van der Waals surface area contributed by atoms with Crippen molar-refractivity contribution in [3.8, 4) is 5.69 Å². The van der Waals surface area contributed by atoms with Crippen molar-refractivity contribution in [2.45, 2.75) is 42.8 Å². The Balaban J connectivity index is 1.55. The largest absolute Gasteiger partial charge is 0.318 e. The molecule has 0 aliphatic heterocycles. The van der Waals surface area contributed by atoms with E-state index >= 15 is 0 Å². The first kappa shape index (κ1) is 18.4. The molecule has 0 spiro atoms. The molecule has 0 N–H and O–H groups in total. The highest BCUT2D eigenvalue weighted by Gasteiger charge is 2.26. The highest BCUT2D eigenvalue weighted by Crippen LogP contribution is 2.37. The van der Waals surface area contributed by atoms with Gasteiger partial charge in [-0.05, 0) is 57.2 Å². The van der Waals surface area contributed by atoms with Crippen LogP contribution in [0.1, 0.15) is 40.6 Å². The third-order valence-corrected chi connectivity index (χ3v) is 6.54. The third kappa shape index (κ3) is 3.71. The monoisotopic (exact) mass is 398 g/mol. The Hall–Kier alpha value is -1.99. The van der Waals surface area contributed by atoms with Crippen LogP contribution in [0.25, 0.3) is 5.69 Å². The molecule has 1 aliphatic carbocycles. The minimum atomic E-state index is 0.130. The quantitative estimate of drug-likeness (QED) is 0.426. The molecular formula is C20H22N4OS2. The summed E-state index contributed by atoms with van der Waals surface area (Å²) >= 11 is 3.20. The molecule has 1 aliphatic rings. The number of thioether (sulfide) groups is 2. The molecule has 2 aromatic heterocycles. The Labute approximate surface area is 167 Å². The molecule has 5 nitrogen and oxygen atoms in total. The van der Waals surface area contributed by atoms with Crippen molar-refractivity contribution >= 4 is 29.3 Å². The van der Waals surface area contributed by atoms with Gasteiger partial charge < -0.3 is 9.13 Å². The van der Waals surface area contributed by atoms with E-state index in [2.05, 4.69) is 49.9 Å². The maximum atomic E-state index is 12.9. The van der Waals surface area contributed by atoms with E-state index in [1.807, 2.05) is 19.9 Å². The normalized spacial score (nSPS) is 13.9. The molecule has 2 heterocycles. The van der Waals surface area contributed by atoms with E-state index in [1.165, 1.54) is 29.5 Å². The van der Waals surface area contributed by atoms with Gasteiger partial charge in [0, 0.05) is 33.6 Å². The van der Waals surface area contributed by atoms with Crippen LogP contribution in [-0.2, 0) is 0 Å². The molecule has 3 aromatic rings. The minimum absolute atomic E-state index is 0.130. The maximum Gasteiger partial charge on any atom is 0.191 e. The fraction of sp³-hybridized carbons (Fsp3) is 0.350. The summed E-state index contributed by atoms with van der Waals surface area (Å²) in [5.74, 6) is 0.506.